The smallest absolute Gasteiger partial charge is 0.238 e. The molecule has 3 aliphatic heterocycles. The van der Waals surface area contributed by atoms with Crippen LogP contribution in [0.4, 0.5) is 11.4 Å². The van der Waals surface area contributed by atoms with Crippen LogP contribution in [0.3, 0.4) is 0 Å². The number of hydrogen-bond acceptors (Lipinski definition) is 5. The van der Waals surface area contributed by atoms with Gasteiger partial charge in [-0.25, -0.2) is 0 Å². The molecule has 0 bridgehead atoms. The van der Waals surface area contributed by atoms with Gasteiger partial charge >= 0.3 is 0 Å². The van der Waals surface area contributed by atoms with Crippen molar-refractivity contribution in [1.82, 2.24) is 0 Å². The second-order valence-electron chi connectivity index (χ2n) is 10.6. The Kier molecular flexibility index (Phi) is 6.33. The number of halogens is 2. The molecule has 1 N–H and O–H groups in total. The van der Waals surface area contributed by atoms with E-state index in [2.05, 4.69) is 21.2 Å². The third-order valence-corrected chi connectivity index (χ3v) is 9.53. The van der Waals surface area contributed by atoms with E-state index in [1.54, 1.807) is 49.6 Å². The van der Waals surface area contributed by atoms with Crippen molar-refractivity contribution in [3.05, 3.63) is 129 Å². The quantitative estimate of drug-likeness (QED) is 0.239. The zero-order valence-corrected chi connectivity index (χ0v) is 24.7. The SMILES string of the molecule is COc1ccc(C(=O)[C@H]2[C@H](C(=O)c3ccc(Cl)cc3)[C@]3(C(=O)Nc4ccccc43)[C@H]3C=Cc4ccccc4N23)cc1Br. The van der Waals surface area contributed by atoms with Crippen LogP contribution in [-0.2, 0) is 10.2 Å². The first kappa shape index (κ1) is 26.7. The molecule has 3 aliphatic rings. The Morgan fingerprint density at radius 3 is 2.40 bits per heavy atom. The maximum atomic E-state index is 14.8. The Morgan fingerprint density at radius 2 is 1.64 bits per heavy atom. The molecule has 1 amide bonds. The highest BCUT2D eigenvalue weighted by atomic mass is 79.9. The fourth-order valence-corrected chi connectivity index (χ4v) is 7.57. The van der Waals surface area contributed by atoms with Gasteiger partial charge in [0, 0.05) is 27.5 Å². The number of carbonyl (C=O) groups excluding carboxylic acids is 3. The van der Waals surface area contributed by atoms with Gasteiger partial charge in [0.05, 0.1) is 23.5 Å². The van der Waals surface area contributed by atoms with Crippen LogP contribution >= 0.6 is 27.5 Å². The number of fused-ring (bicyclic) bond motifs is 6. The molecule has 1 spiro atoms. The normalized spacial score (nSPS) is 23.3. The van der Waals surface area contributed by atoms with Crippen LogP contribution in [0.5, 0.6) is 5.75 Å². The molecule has 208 valence electrons. The molecule has 0 radical (unpaired) electrons. The van der Waals surface area contributed by atoms with E-state index < -0.39 is 23.4 Å². The number of ether oxygens (including phenoxy) is 1. The van der Waals surface area contributed by atoms with E-state index in [1.807, 2.05) is 65.6 Å². The van der Waals surface area contributed by atoms with E-state index in [4.69, 9.17) is 16.3 Å². The minimum absolute atomic E-state index is 0.269. The summed E-state index contributed by atoms with van der Waals surface area (Å²) in [6, 6.07) is 25.3. The number of ketones is 2. The largest absolute Gasteiger partial charge is 0.496 e. The van der Waals surface area contributed by atoms with Gasteiger partial charge in [-0.3, -0.25) is 14.4 Å². The summed E-state index contributed by atoms with van der Waals surface area (Å²) in [6.45, 7) is 0. The standard InChI is InChI=1S/C34H24BrClN2O4/c1-42-27-16-12-21(18-24(27)35)32(40)30-29(31(39)20-10-14-22(36)15-11-20)34(23-7-3-4-8-25(23)37-33(34)41)28-17-13-19-6-2-5-9-26(19)38(28)30/h2-18,28-30H,1H3,(H,37,41)/t28-,29-,30-,34-/m1/s1. The molecule has 0 unspecified atom stereocenters. The predicted molar refractivity (Wildman–Crippen MR) is 167 cm³/mol. The highest BCUT2D eigenvalue weighted by Crippen LogP contribution is 2.58. The van der Waals surface area contributed by atoms with Gasteiger partial charge in [0.25, 0.3) is 0 Å². The van der Waals surface area contributed by atoms with Crippen LogP contribution < -0.4 is 15.0 Å². The van der Waals surface area contributed by atoms with E-state index in [0.29, 0.717) is 37.6 Å². The van der Waals surface area contributed by atoms with Crippen LogP contribution in [0.1, 0.15) is 31.8 Å². The number of amides is 1. The number of methoxy groups -OCH3 is 1. The van der Waals surface area contributed by atoms with Crippen molar-refractivity contribution in [3.8, 4) is 5.75 Å². The molecule has 3 heterocycles. The Morgan fingerprint density at radius 1 is 0.929 bits per heavy atom. The average molecular weight is 640 g/mol. The monoisotopic (exact) mass is 638 g/mol. The molecule has 4 aromatic rings. The lowest BCUT2D eigenvalue weighted by molar-refractivity contribution is -0.121. The van der Waals surface area contributed by atoms with Gasteiger partial charge in [0.15, 0.2) is 11.6 Å². The van der Waals surface area contributed by atoms with Gasteiger partial charge in [-0.2, -0.15) is 0 Å². The van der Waals surface area contributed by atoms with Crippen molar-refractivity contribution in [2.75, 3.05) is 17.3 Å². The molecule has 4 atom stereocenters. The number of carbonyl (C=O) groups is 3. The van der Waals surface area contributed by atoms with Crippen LogP contribution in [0.15, 0.2) is 102 Å². The van der Waals surface area contributed by atoms with Crippen LogP contribution in [0.2, 0.25) is 5.02 Å². The summed E-state index contributed by atoms with van der Waals surface area (Å²) in [5.41, 5.74) is 2.45. The minimum Gasteiger partial charge on any atom is -0.496 e. The number of Topliss-reactive ketones (excluding diaryl/α,β-unsaturated/α-hetero) is 2. The third kappa shape index (κ3) is 3.73. The number of rotatable bonds is 5. The average Bonchev–Trinajstić information content (AvgIpc) is 3.49. The molecule has 0 aromatic heterocycles. The summed E-state index contributed by atoms with van der Waals surface area (Å²) in [6.07, 6.45) is 3.94. The second-order valence-corrected chi connectivity index (χ2v) is 11.9. The van der Waals surface area contributed by atoms with E-state index in [-0.39, 0.29) is 17.5 Å². The highest BCUT2D eigenvalue weighted by Gasteiger charge is 2.70. The Balaban J connectivity index is 1.52. The van der Waals surface area contributed by atoms with Crippen LogP contribution in [0.25, 0.3) is 6.08 Å². The summed E-state index contributed by atoms with van der Waals surface area (Å²) < 4.78 is 6.01. The summed E-state index contributed by atoms with van der Waals surface area (Å²) in [4.78, 5) is 45.9. The highest BCUT2D eigenvalue weighted by molar-refractivity contribution is 9.10. The Hall–Kier alpha value is -4.20. The van der Waals surface area contributed by atoms with Crippen molar-refractivity contribution >= 4 is 62.5 Å². The summed E-state index contributed by atoms with van der Waals surface area (Å²) >= 11 is 9.69. The molecule has 0 saturated carbocycles. The van der Waals surface area contributed by atoms with Crippen molar-refractivity contribution in [2.45, 2.75) is 17.5 Å². The van der Waals surface area contributed by atoms with Gasteiger partial charge in [0.1, 0.15) is 17.2 Å². The number of nitrogens with zero attached hydrogens (tertiary/aromatic N) is 1. The fraction of sp³-hybridized carbons (Fsp3) is 0.147. The fourth-order valence-electron chi connectivity index (χ4n) is 6.90. The number of hydrogen-bond donors (Lipinski definition) is 1. The molecule has 4 aromatic carbocycles. The molecular weight excluding hydrogens is 616 g/mol. The first-order valence-electron chi connectivity index (χ1n) is 13.5. The number of para-hydroxylation sites is 2. The first-order valence-corrected chi connectivity index (χ1v) is 14.7. The van der Waals surface area contributed by atoms with Crippen molar-refractivity contribution in [1.29, 1.82) is 0 Å². The Bertz CT molecular complexity index is 1820. The van der Waals surface area contributed by atoms with Gasteiger partial charge in [0.2, 0.25) is 5.91 Å². The lowest BCUT2D eigenvalue weighted by Gasteiger charge is -2.37. The van der Waals surface area contributed by atoms with E-state index in [0.717, 1.165) is 11.3 Å². The van der Waals surface area contributed by atoms with Crippen molar-refractivity contribution in [3.63, 3.8) is 0 Å². The lowest BCUT2D eigenvalue weighted by Crippen LogP contribution is -2.51. The van der Waals surface area contributed by atoms with Crippen LogP contribution in [-0.4, -0.2) is 36.7 Å². The number of benzene rings is 4. The van der Waals surface area contributed by atoms with E-state index in [9.17, 15) is 14.4 Å². The molecular formula is C34H24BrClN2O4. The molecule has 8 heteroatoms. The predicted octanol–water partition coefficient (Wildman–Crippen LogP) is 6.97. The zero-order valence-electron chi connectivity index (χ0n) is 22.4. The van der Waals surface area contributed by atoms with Gasteiger partial charge in [-0.05, 0) is 81.7 Å². The maximum Gasteiger partial charge on any atom is 0.238 e. The molecule has 6 nitrogen and oxygen atoms in total. The first-order chi connectivity index (χ1) is 20.4. The topological polar surface area (TPSA) is 75.7 Å². The third-order valence-electron chi connectivity index (χ3n) is 8.66. The number of nitrogens with one attached hydrogen (secondary N) is 1. The summed E-state index contributed by atoms with van der Waals surface area (Å²) in [5.74, 6) is -1.35. The maximum absolute atomic E-state index is 14.8. The molecule has 1 fully saturated rings. The molecule has 1 saturated heterocycles. The Labute approximate surface area is 256 Å². The zero-order chi connectivity index (χ0) is 29.2. The van der Waals surface area contributed by atoms with E-state index in [1.165, 1.54) is 0 Å². The van der Waals surface area contributed by atoms with Crippen LogP contribution in [0, 0.1) is 5.92 Å². The van der Waals surface area contributed by atoms with Gasteiger partial charge in [-0.1, -0.05) is 60.2 Å². The molecule has 42 heavy (non-hydrogen) atoms. The molecule has 7 rings (SSSR count). The van der Waals surface area contributed by atoms with Gasteiger partial charge < -0.3 is 15.0 Å². The van der Waals surface area contributed by atoms with Crippen molar-refractivity contribution < 1.29 is 19.1 Å². The number of anilines is 2. The minimum atomic E-state index is -1.37. The lowest BCUT2D eigenvalue weighted by atomic mass is 9.64. The summed E-state index contributed by atoms with van der Waals surface area (Å²) in [5, 5.41) is 3.54. The second kappa shape index (κ2) is 9.96. The molecule has 0 aliphatic carbocycles. The van der Waals surface area contributed by atoms with Crippen molar-refractivity contribution in [2.24, 2.45) is 5.92 Å². The summed E-state index contributed by atoms with van der Waals surface area (Å²) in [7, 11) is 1.56. The van der Waals surface area contributed by atoms with Gasteiger partial charge in [-0.15, -0.1) is 0 Å². The van der Waals surface area contributed by atoms with E-state index >= 15 is 0 Å².